The van der Waals surface area contributed by atoms with E-state index in [9.17, 15) is 4.79 Å². The lowest BCUT2D eigenvalue weighted by atomic mass is 9.82. The summed E-state index contributed by atoms with van der Waals surface area (Å²) in [7, 11) is 0. The molecule has 1 heterocycles. The first-order valence-corrected chi connectivity index (χ1v) is 5.62. The van der Waals surface area contributed by atoms with Crippen LogP contribution in [0, 0.1) is 5.92 Å². The molecule has 1 fully saturated rings. The molecule has 0 bridgehead atoms. The monoisotopic (exact) mass is 223 g/mol. The fourth-order valence-electron chi connectivity index (χ4n) is 2.11. The van der Waals surface area contributed by atoms with E-state index in [1.807, 2.05) is 4.57 Å². The average Bonchev–Trinajstić information content (AvgIpc) is 2.56. The summed E-state index contributed by atoms with van der Waals surface area (Å²) in [6, 6.07) is 0.394. The summed E-state index contributed by atoms with van der Waals surface area (Å²) < 4.78 is 6.76. The molecule has 0 radical (unpaired) electrons. The van der Waals surface area contributed by atoms with E-state index < -0.39 is 5.97 Å². The van der Waals surface area contributed by atoms with Gasteiger partial charge in [-0.15, -0.1) is 0 Å². The first-order chi connectivity index (χ1) is 7.63. The number of carbonyl (C=O) groups excluding carboxylic acids is 1. The van der Waals surface area contributed by atoms with Crippen LogP contribution in [0.15, 0.2) is 6.33 Å². The third kappa shape index (κ3) is 1.77. The van der Waals surface area contributed by atoms with Crippen LogP contribution in [0.1, 0.15) is 43.2 Å². The van der Waals surface area contributed by atoms with Crippen LogP contribution in [0.2, 0.25) is 0 Å². The molecule has 1 aromatic rings. The normalized spacial score (nSPS) is 23.9. The van der Waals surface area contributed by atoms with Crippen molar-refractivity contribution in [2.75, 3.05) is 12.3 Å². The van der Waals surface area contributed by atoms with Crippen LogP contribution in [0.4, 0.5) is 5.82 Å². The molecule has 0 amide bonds. The smallest absolute Gasteiger partial charge is 0.360 e. The maximum Gasteiger partial charge on any atom is 0.360 e. The van der Waals surface area contributed by atoms with Gasteiger partial charge in [-0.2, -0.15) is 0 Å². The topological polar surface area (TPSA) is 70.1 Å². The van der Waals surface area contributed by atoms with Crippen molar-refractivity contribution >= 4 is 11.8 Å². The average molecular weight is 223 g/mol. The molecule has 0 atom stereocenters. The Morgan fingerprint density at radius 2 is 2.38 bits per heavy atom. The van der Waals surface area contributed by atoms with Gasteiger partial charge in [0.05, 0.1) is 12.9 Å². The molecule has 0 aromatic carbocycles. The maximum absolute atomic E-state index is 11.5. The van der Waals surface area contributed by atoms with E-state index >= 15 is 0 Å². The predicted octanol–water partition coefficient (Wildman–Crippen LogP) is 1.61. The predicted molar refractivity (Wildman–Crippen MR) is 60.0 cm³/mol. The summed E-state index contributed by atoms with van der Waals surface area (Å²) in [4.78, 5) is 15.5. The van der Waals surface area contributed by atoms with Crippen molar-refractivity contribution in [1.82, 2.24) is 9.55 Å². The van der Waals surface area contributed by atoms with Crippen molar-refractivity contribution in [3.05, 3.63) is 12.0 Å². The van der Waals surface area contributed by atoms with Crippen molar-refractivity contribution in [2.45, 2.75) is 32.7 Å². The van der Waals surface area contributed by atoms with Crippen molar-refractivity contribution in [3.63, 3.8) is 0 Å². The molecule has 1 saturated carbocycles. The van der Waals surface area contributed by atoms with Crippen LogP contribution in [0.3, 0.4) is 0 Å². The number of imidazole rings is 1. The van der Waals surface area contributed by atoms with Crippen LogP contribution >= 0.6 is 0 Å². The molecule has 1 aromatic heterocycles. The highest BCUT2D eigenvalue weighted by molar-refractivity contribution is 5.92. The standard InChI is InChI=1S/C11H17N3O2/c1-3-16-11(15)9-10(12)14(6-13-9)8-4-7(2)5-8/h6-8H,3-5,12H2,1-2H3. The number of nitrogens with zero attached hydrogens (tertiary/aromatic N) is 2. The van der Waals surface area contributed by atoms with Gasteiger partial charge in [-0.1, -0.05) is 6.92 Å². The Balaban J connectivity index is 2.14. The molecule has 2 N–H and O–H groups in total. The third-order valence-electron chi connectivity index (χ3n) is 3.04. The molecule has 88 valence electrons. The highest BCUT2D eigenvalue weighted by atomic mass is 16.5. The molecule has 0 spiro atoms. The second kappa shape index (κ2) is 4.15. The lowest BCUT2D eigenvalue weighted by molar-refractivity contribution is 0.0521. The molecule has 5 nitrogen and oxygen atoms in total. The first-order valence-electron chi connectivity index (χ1n) is 5.62. The van der Waals surface area contributed by atoms with Gasteiger partial charge in [-0.25, -0.2) is 9.78 Å². The maximum atomic E-state index is 11.5. The van der Waals surface area contributed by atoms with Gasteiger partial charge < -0.3 is 15.0 Å². The number of carbonyl (C=O) groups is 1. The van der Waals surface area contributed by atoms with Gasteiger partial charge in [-0.05, 0) is 25.7 Å². The molecule has 0 aliphatic heterocycles. The summed E-state index contributed by atoms with van der Waals surface area (Å²) in [6.45, 7) is 4.31. The summed E-state index contributed by atoms with van der Waals surface area (Å²) in [5, 5.41) is 0. The number of hydrogen-bond acceptors (Lipinski definition) is 4. The number of hydrogen-bond donors (Lipinski definition) is 1. The number of nitrogens with two attached hydrogens (primary N) is 1. The van der Waals surface area contributed by atoms with Crippen LogP contribution < -0.4 is 5.73 Å². The Kier molecular flexibility index (Phi) is 2.85. The molecule has 0 unspecified atom stereocenters. The second-order valence-electron chi connectivity index (χ2n) is 4.34. The lowest BCUT2D eigenvalue weighted by Gasteiger charge is -2.34. The second-order valence-corrected chi connectivity index (χ2v) is 4.34. The van der Waals surface area contributed by atoms with Crippen LogP contribution in [0.25, 0.3) is 0 Å². The zero-order valence-corrected chi connectivity index (χ0v) is 9.64. The van der Waals surface area contributed by atoms with Crippen LogP contribution in [0.5, 0.6) is 0 Å². The highest BCUT2D eigenvalue weighted by Gasteiger charge is 2.29. The minimum Gasteiger partial charge on any atom is -0.461 e. The summed E-state index contributed by atoms with van der Waals surface area (Å²) in [5.41, 5.74) is 6.13. The molecular formula is C11H17N3O2. The van der Waals surface area contributed by atoms with Gasteiger partial charge in [0.25, 0.3) is 0 Å². The van der Waals surface area contributed by atoms with Gasteiger partial charge in [-0.3, -0.25) is 0 Å². The minimum absolute atomic E-state index is 0.237. The number of esters is 1. The number of aromatic nitrogens is 2. The van der Waals surface area contributed by atoms with E-state index in [-0.39, 0.29) is 5.69 Å². The Morgan fingerprint density at radius 3 is 2.94 bits per heavy atom. The molecular weight excluding hydrogens is 206 g/mol. The summed E-state index contributed by atoms with van der Waals surface area (Å²) in [6.07, 6.45) is 3.84. The fourth-order valence-corrected chi connectivity index (χ4v) is 2.11. The molecule has 2 rings (SSSR count). The fraction of sp³-hybridized carbons (Fsp3) is 0.636. The summed E-state index contributed by atoms with van der Waals surface area (Å²) >= 11 is 0. The minimum atomic E-state index is -0.439. The Bertz CT molecular complexity index is 394. The van der Waals surface area contributed by atoms with Crippen molar-refractivity contribution in [3.8, 4) is 0 Å². The van der Waals surface area contributed by atoms with Crippen LogP contribution in [-0.2, 0) is 4.74 Å². The van der Waals surface area contributed by atoms with Gasteiger partial charge in [0.1, 0.15) is 5.82 Å². The molecule has 16 heavy (non-hydrogen) atoms. The Morgan fingerprint density at radius 1 is 1.69 bits per heavy atom. The first kappa shape index (κ1) is 11.0. The number of rotatable bonds is 3. The number of nitrogen functional groups attached to an aromatic ring is 1. The molecule has 5 heteroatoms. The van der Waals surface area contributed by atoms with Crippen molar-refractivity contribution in [2.24, 2.45) is 5.92 Å². The lowest BCUT2D eigenvalue weighted by Crippen LogP contribution is -2.25. The van der Waals surface area contributed by atoms with E-state index in [1.54, 1.807) is 13.3 Å². The van der Waals surface area contributed by atoms with Gasteiger partial charge in [0.15, 0.2) is 5.69 Å². The zero-order valence-electron chi connectivity index (χ0n) is 9.64. The van der Waals surface area contributed by atoms with E-state index in [0.717, 1.165) is 18.8 Å². The summed E-state index contributed by atoms with van der Waals surface area (Å²) in [5.74, 6) is 0.722. The Labute approximate surface area is 94.6 Å². The van der Waals surface area contributed by atoms with Crippen molar-refractivity contribution in [1.29, 1.82) is 0 Å². The quantitative estimate of drug-likeness (QED) is 0.790. The van der Waals surface area contributed by atoms with E-state index in [4.69, 9.17) is 10.5 Å². The van der Waals surface area contributed by atoms with E-state index in [1.165, 1.54) is 0 Å². The molecule has 1 aliphatic rings. The largest absolute Gasteiger partial charge is 0.461 e. The zero-order chi connectivity index (χ0) is 11.7. The molecule has 1 aliphatic carbocycles. The van der Waals surface area contributed by atoms with E-state index in [2.05, 4.69) is 11.9 Å². The van der Waals surface area contributed by atoms with Crippen molar-refractivity contribution < 1.29 is 9.53 Å². The number of anilines is 1. The number of ether oxygens (including phenoxy) is 1. The highest BCUT2D eigenvalue weighted by Crippen LogP contribution is 2.38. The molecule has 0 saturated heterocycles. The van der Waals surface area contributed by atoms with Gasteiger partial charge in [0, 0.05) is 6.04 Å². The SMILES string of the molecule is CCOC(=O)c1ncn(C2CC(C)C2)c1N. The van der Waals surface area contributed by atoms with Gasteiger partial charge in [0.2, 0.25) is 0 Å². The van der Waals surface area contributed by atoms with E-state index in [0.29, 0.717) is 18.5 Å². The third-order valence-corrected chi connectivity index (χ3v) is 3.04. The Hall–Kier alpha value is -1.52. The van der Waals surface area contributed by atoms with Gasteiger partial charge >= 0.3 is 5.97 Å². The van der Waals surface area contributed by atoms with Crippen LogP contribution in [-0.4, -0.2) is 22.1 Å².